The smallest absolute Gasteiger partial charge is 0.227 e. The number of ether oxygens (including phenoxy) is 1. The average Bonchev–Trinajstić information content (AvgIpc) is 2.59. The Kier molecular flexibility index (Phi) is 5.93. The molecule has 1 heterocycles. The molecule has 0 bridgehead atoms. The Morgan fingerprint density at radius 2 is 2.08 bits per heavy atom. The molecule has 2 rings (SSSR count). The van der Waals surface area contributed by atoms with E-state index in [4.69, 9.17) is 4.74 Å². The van der Waals surface area contributed by atoms with Gasteiger partial charge in [0.2, 0.25) is 11.8 Å². The molecule has 1 atom stereocenters. The van der Waals surface area contributed by atoms with Crippen molar-refractivity contribution in [2.24, 2.45) is 11.3 Å². The predicted molar refractivity (Wildman–Crippen MR) is 95.3 cm³/mol. The maximum absolute atomic E-state index is 12.5. The topological polar surface area (TPSA) is 78.9 Å². The third-order valence-electron chi connectivity index (χ3n) is 4.43. The molecule has 1 aromatic carbocycles. The molecular formula is C19H28N2O4. The van der Waals surface area contributed by atoms with Crippen LogP contribution < -0.4 is 10.1 Å². The molecule has 6 nitrogen and oxygen atoms in total. The Hall–Kier alpha value is -2.24. The Bertz CT molecular complexity index is 637. The molecule has 2 N–H and O–H groups in total. The Balaban J connectivity index is 1.93. The zero-order chi connectivity index (χ0) is 18.6. The number of carbonyl (C=O) groups excluding carboxylic acids is 2. The average molecular weight is 348 g/mol. The van der Waals surface area contributed by atoms with E-state index in [1.165, 1.54) is 7.11 Å². The number of likely N-dealkylation sites (tertiary alicyclic amines) is 1. The maximum Gasteiger partial charge on any atom is 0.227 e. The number of piperidine rings is 1. The summed E-state index contributed by atoms with van der Waals surface area (Å²) in [5.41, 5.74) is 0.419. The van der Waals surface area contributed by atoms with Gasteiger partial charge in [-0.2, -0.15) is 0 Å². The Morgan fingerprint density at radius 3 is 2.72 bits per heavy atom. The molecule has 0 unspecified atom stereocenters. The quantitative estimate of drug-likeness (QED) is 0.875. The molecule has 1 saturated heterocycles. The molecule has 1 aliphatic heterocycles. The molecule has 25 heavy (non-hydrogen) atoms. The van der Waals surface area contributed by atoms with Gasteiger partial charge >= 0.3 is 0 Å². The summed E-state index contributed by atoms with van der Waals surface area (Å²) >= 11 is 0. The molecule has 0 aromatic heterocycles. The lowest BCUT2D eigenvalue weighted by atomic mass is 9.91. The summed E-state index contributed by atoms with van der Waals surface area (Å²) in [7, 11) is 1.49. The van der Waals surface area contributed by atoms with Gasteiger partial charge in [-0.1, -0.05) is 26.8 Å². The van der Waals surface area contributed by atoms with Crippen LogP contribution in [0.1, 0.15) is 39.2 Å². The number of aromatic hydroxyl groups is 1. The standard InChI is InChI=1S/C19H28N2O4/c1-19(2,3)18(24)21-9-5-6-14(12-21)17(23)20-11-13-7-8-15(22)16(10-13)25-4/h7-8,10,14,22H,5-6,9,11-12H2,1-4H3,(H,20,23)/t14-/m1/s1. The van der Waals surface area contributed by atoms with Crippen LogP contribution in [0.25, 0.3) is 0 Å². The third-order valence-corrected chi connectivity index (χ3v) is 4.43. The first-order valence-electron chi connectivity index (χ1n) is 8.65. The minimum Gasteiger partial charge on any atom is -0.504 e. The first-order chi connectivity index (χ1) is 11.7. The Labute approximate surface area is 149 Å². The van der Waals surface area contributed by atoms with Gasteiger partial charge in [-0.15, -0.1) is 0 Å². The van der Waals surface area contributed by atoms with Crippen molar-refractivity contribution in [3.05, 3.63) is 23.8 Å². The van der Waals surface area contributed by atoms with Gasteiger partial charge in [0.25, 0.3) is 0 Å². The fraction of sp³-hybridized carbons (Fsp3) is 0.579. The third kappa shape index (κ3) is 4.87. The van der Waals surface area contributed by atoms with Crippen LogP contribution in [0.5, 0.6) is 11.5 Å². The van der Waals surface area contributed by atoms with Crippen molar-refractivity contribution in [3.8, 4) is 11.5 Å². The summed E-state index contributed by atoms with van der Waals surface area (Å²) in [4.78, 5) is 26.7. The van der Waals surface area contributed by atoms with Gasteiger partial charge in [-0.3, -0.25) is 9.59 Å². The summed E-state index contributed by atoms with van der Waals surface area (Å²) < 4.78 is 5.07. The second kappa shape index (κ2) is 7.76. The second-order valence-corrected chi connectivity index (χ2v) is 7.56. The van der Waals surface area contributed by atoms with Crippen LogP contribution in [0.15, 0.2) is 18.2 Å². The van der Waals surface area contributed by atoms with Crippen molar-refractivity contribution in [2.75, 3.05) is 20.2 Å². The summed E-state index contributed by atoms with van der Waals surface area (Å²) in [6, 6.07) is 4.99. The van der Waals surface area contributed by atoms with Gasteiger partial charge in [-0.05, 0) is 30.5 Å². The monoisotopic (exact) mass is 348 g/mol. The fourth-order valence-electron chi connectivity index (χ4n) is 3.02. The number of carbonyl (C=O) groups is 2. The number of nitrogens with one attached hydrogen (secondary N) is 1. The van der Waals surface area contributed by atoms with Crippen molar-refractivity contribution in [1.82, 2.24) is 10.2 Å². The molecule has 1 aromatic rings. The predicted octanol–water partition coefficient (Wildman–Crippen LogP) is 2.30. The van der Waals surface area contributed by atoms with Crippen LogP contribution in [0.2, 0.25) is 0 Å². The van der Waals surface area contributed by atoms with Gasteiger partial charge < -0.3 is 20.1 Å². The highest BCUT2D eigenvalue weighted by Crippen LogP contribution is 2.26. The molecule has 6 heteroatoms. The number of hydrogen-bond acceptors (Lipinski definition) is 4. The molecule has 0 saturated carbocycles. The molecule has 0 spiro atoms. The molecule has 2 amide bonds. The van der Waals surface area contributed by atoms with E-state index in [0.29, 0.717) is 18.8 Å². The number of hydrogen-bond donors (Lipinski definition) is 2. The van der Waals surface area contributed by atoms with E-state index in [2.05, 4.69) is 5.32 Å². The van der Waals surface area contributed by atoms with Crippen LogP contribution in [-0.4, -0.2) is 42.0 Å². The fourth-order valence-corrected chi connectivity index (χ4v) is 3.02. The number of nitrogens with zero attached hydrogens (tertiary/aromatic N) is 1. The minimum absolute atomic E-state index is 0.0431. The second-order valence-electron chi connectivity index (χ2n) is 7.56. The lowest BCUT2D eigenvalue weighted by Gasteiger charge is -2.35. The largest absolute Gasteiger partial charge is 0.504 e. The van der Waals surface area contributed by atoms with Gasteiger partial charge in [0.1, 0.15) is 0 Å². The molecular weight excluding hydrogens is 320 g/mol. The van der Waals surface area contributed by atoms with Crippen molar-refractivity contribution in [2.45, 2.75) is 40.2 Å². The van der Waals surface area contributed by atoms with Crippen LogP contribution in [0.3, 0.4) is 0 Å². The summed E-state index contributed by atoms with van der Waals surface area (Å²) in [6.07, 6.45) is 1.63. The molecule has 1 aliphatic rings. The first-order valence-corrected chi connectivity index (χ1v) is 8.65. The zero-order valence-electron chi connectivity index (χ0n) is 15.5. The van der Waals surface area contributed by atoms with Crippen LogP contribution in [0.4, 0.5) is 0 Å². The van der Waals surface area contributed by atoms with Crippen LogP contribution in [0, 0.1) is 11.3 Å². The van der Waals surface area contributed by atoms with Gasteiger partial charge in [0, 0.05) is 25.0 Å². The van der Waals surface area contributed by atoms with Crippen molar-refractivity contribution >= 4 is 11.8 Å². The van der Waals surface area contributed by atoms with E-state index in [-0.39, 0.29) is 23.5 Å². The van der Waals surface area contributed by atoms with E-state index in [1.54, 1.807) is 23.1 Å². The van der Waals surface area contributed by atoms with E-state index >= 15 is 0 Å². The maximum atomic E-state index is 12.5. The summed E-state index contributed by atoms with van der Waals surface area (Å²) in [6.45, 7) is 7.25. The van der Waals surface area contributed by atoms with E-state index in [1.807, 2.05) is 20.8 Å². The molecule has 0 aliphatic carbocycles. The van der Waals surface area contributed by atoms with Gasteiger partial charge in [0.15, 0.2) is 11.5 Å². The Morgan fingerprint density at radius 1 is 1.36 bits per heavy atom. The summed E-state index contributed by atoms with van der Waals surface area (Å²) in [5, 5.41) is 12.5. The number of methoxy groups -OCH3 is 1. The van der Waals surface area contributed by atoms with Gasteiger partial charge in [0.05, 0.1) is 13.0 Å². The number of phenolic OH excluding ortho intramolecular Hbond substituents is 1. The lowest BCUT2D eigenvalue weighted by Crippen LogP contribution is -2.48. The van der Waals surface area contributed by atoms with Crippen LogP contribution >= 0.6 is 0 Å². The highest BCUT2D eigenvalue weighted by atomic mass is 16.5. The van der Waals surface area contributed by atoms with Gasteiger partial charge in [-0.25, -0.2) is 0 Å². The van der Waals surface area contributed by atoms with Crippen molar-refractivity contribution in [1.29, 1.82) is 0 Å². The van der Waals surface area contributed by atoms with E-state index in [9.17, 15) is 14.7 Å². The summed E-state index contributed by atoms with van der Waals surface area (Å²) in [5.74, 6) is 0.318. The highest BCUT2D eigenvalue weighted by Gasteiger charge is 2.33. The number of amides is 2. The lowest BCUT2D eigenvalue weighted by molar-refractivity contribution is -0.142. The molecule has 1 fully saturated rings. The van der Waals surface area contributed by atoms with Crippen molar-refractivity contribution in [3.63, 3.8) is 0 Å². The number of benzene rings is 1. The zero-order valence-corrected chi connectivity index (χ0v) is 15.5. The number of rotatable bonds is 4. The first kappa shape index (κ1) is 19.1. The van der Waals surface area contributed by atoms with Crippen LogP contribution in [-0.2, 0) is 16.1 Å². The SMILES string of the molecule is COc1cc(CNC(=O)[C@@H]2CCCN(C(=O)C(C)(C)C)C2)ccc1O. The van der Waals surface area contributed by atoms with E-state index in [0.717, 1.165) is 24.9 Å². The van der Waals surface area contributed by atoms with E-state index < -0.39 is 5.41 Å². The van der Waals surface area contributed by atoms with Crippen molar-refractivity contribution < 1.29 is 19.4 Å². The number of phenols is 1. The molecule has 138 valence electrons. The highest BCUT2D eigenvalue weighted by molar-refractivity contribution is 5.83. The molecule has 0 radical (unpaired) electrons. The normalized spacial score (nSPS) is 17.9. The minimum atomic E-state index is -0.430.